The second-order valence-electron chi connectivity index (χ2n) is 4.63. The van der Waals surface area contributed by atoms with Crippen molar-refractivity contribution >= 4 is 37.5 Å². The molecule has 0 bridgehead atoms. The van der Waals surface area contributed by atoms with E-state index in [4.69, 9.17) is 9.47 Å². The van der Waals surface area contributed by atoms with Crippen molar-refractivity contribution in [2.45, 2.75) is 13.5 Å². The van der Waals surface area contributed by atoms with Gasteiger partial charge in [-0.2, -0.15) is 0 Å². The van der Waals surface area contributed by atoms with Gasteiger partial charge in [0.2, 0.25) is 0 Å². The second-order valence-corrected chi connectivity index (χ2v) is 6.34. The molecule has 0 atom stereocenters. The lowest BCUT2D eigenvalue weighted by Crippen LogP contribution is -2.02. The maximum Gasteiger partial charge on any atom is 0.147 e. The Balaban J connectivity index is 2.13. The molecule has 0 aliphatic carbocycles. The Morgan fingerprint density at radius 2 is 1.67 bits per heavy atom. The highest BCUT2D eigenvalue weighted by Gasteiger charge is 2.08. The van der Waals surface area contributed by atoms with E-state index in [1.165, 1.54) is 0 Å². The second kappa shape index (κ2) is 7.18. The van der Waals surface area contributed by atoms with Crippen LogP contribution < -0.4 is 14.8 Å². The van der Waals surface area contributed by atoms with Crippen molar-refractivity contribution in [2.24, 2.45) is 0 Å². The van der Waals surface area contributed by atoms with Crippen molar-refractivity contribution in [3.05, 3.63) is 50.4 Å². The number of halogens is 2. The summed E-state index contributed by atoms with van der Waals surface area (Å²) in [4.78, 5) is 0. The first-order valence-corrected chi connectivity index (χ1v) is 8.04. The van der Waals surface area contributed by atoms with Gasteiger partial charge >= 0.3 is 0 Å². The van der Waals surface area contributed by atoms with Gasteiger partial charge in [-0.3, -0.25) is 0 Å². The number of hydrogen-bond donors (Lipinski definition) is 1. The largest absolute Gasteiger partial charge is 0.497 e. The molecule has 0 aliphatic heterocycles. The lowest BCUT2D eigenvalue weighted by molar-refractivity contribution is 0.409. The third-order valence-electron chi connectivity index (χ3n) is 3.18. The first kappa shape index (κ1) is 16.2. The van der Waals surface area contributed by atoms with Crippen LogP contribution in [0.1, 0.15) is 11.1 Å². The molecule has 2 aromatic rings. The van der Waals surface area contributed by atoms with E-state index in [-0.39, 0.29) is 0 Å². The minimum Gasteiger partial charge on any atom is -0.497 e. The Morgan fingerprint density at radius 3 is 2.19 bits per heavy atom. The average molecular weight is 415 g/mol. The zero-order valence-electron chi connectivity index (χ0n) is 12.2. The first-order valence-electron chi connectivity index (χ1n) is 6.45. The standard InChI is InChI=1S/C16H17Br2NO2/c1-10-6-12(20-2)4-5-15(10)19-9-11-7-13(17)16(21-3)14(18)8-11/h4-8,19H,9H2,1-3H3. The molecule has 0 aromatic heterocycles. The summed E-state index contributed by atoms with van der Waals surface area (Å²) >= 11 is 7.04. The van der Waals surface area contributed by atoms with Crippen LogP contribution in [0.3, 0.4) is 0 Å². The summed E-state index contributed by atoms with van der Waals surface area (Å²) < 4.78 is 12.4. The maximum absolute atomic E-state index is 5.31. The Bertz CT molecular complexity index is 621. The van der Waals surface area contributed by atoms with Gasteiger partial charge in [0.05, 0.1) is 23.2 Å². The number of benzene rings is 2. The first-order chi connectivity index (χ1) is 10.0. The highest BCUT2D eigenvalue weighted by molar-refractivity contribution is 9.11. The van der Waals surface area contributed by atoms with E-state index >= 15 is 0 Å². The third-order valence-corrected chi connectivity index (χ3v) is 4.36. The van der Waals surface area contributed by atoms with E-state index in [1.807, 2.05) is 18.2 Å². The number of ether oxygens (including phenoxy) is 2. The van der Waals surface area contributed by atoms with Crippen molar-refractivity contribution in [3.8, 4) is 11.5 Å². The molecule has 0 saturated heterocycles. The van der Waals surface area contributed by atoms with E-state index in [0.717, 1.165) is 43.8 Å². The Labute approximate surface area is 141 Å². The van der Waals surface area contributed by atoms with Crippen molar-refractivity contribution < 1.29 is 9.47 Å². The molecule has 0 radical (unpaired) electrons. The molecule has 5 heteroatoms. The lowest BCUT2D eigenvalue weighted by atomic mass is 10.1. The van der Waals surface area contributed by atoms with E-state index in [1.54, 1.807) is 14.2 Å². The van der Waals surface area contributed by atoms with Gasteiger partial charge in [0.25, 0.3) is 0 Å². The van der Waals surface area contributed by atoms with Crippen LogP contribution >= 0.6 is 31.9 Å². The quantitative estimate of drug-likeness (QED) is 0.733. The summed E-state index contributed by atoms with van der Waals surface area (Å²) in [5, 5.41) is 3.43. The molecule has 2 aromatic carbocycles. The van der Waals surface area contributed by atoms with Crippen molar-refractivity contribution in [1.82, 2.24) is 0 Å². The summed E-state index contributed by atoms with van der Waals surface area (Å²) in [5.74, 6) is 1.67. The van der Waals surface area contributed by atoms with E-state index < -0.39 is 0 Å². The highest BCUT2D eigenvalue weighted by Crippen LogP contribution is 2.34. The van der Waals surface area contributed by atoms with Crippen LogP contribution in [0.5, 0.6) is 11.5 Å². The molecule has 1 N–H and O–H groups in total. The number of hydrogen-bond acceptors (Lipinski definition) is 3. The average Bonchev–Trinajstić information content (AvgIpc) is 2.45. The van der Waals surface area contributed by atoms with Crippen LogP contribution in [0.15, 0.2) is 39.3 Å². The molecule has 112 valence electrons. The highest BCUT2D eigenvalue weighted by atomic mass is 79.9. The van der Waals surface area contributed by atoms with Gasteiger partial charge in [-0.25, -0.2) is 0 Å². The SMILES string of the molecule is COc1ccc(NCc2cc(Br)c(OC)c(Br)c2)c(C)c1. The summed E-state index contributed by atoms with van der Waals surface area (Å²) in [7, 11) is 3.33. The van der Waals surface area contributed by atoms with Gasteiger partial charge in [0.15, 0.2) is 0 Å². The normalized spacial score (nSPS) is 10.3. The molecule has 0 amide bonds. The molecule has 21 heavy (non-hydrogen) atoms. The number of methoxy groups -OCH3 is 2. The fraction of sp³-hybridized carbons (Fsp3) is 0.250. The summed E-state index contributed by atoms with van der Waals surface area (Å²) in [6.45, 7) is 2.79. The van der Waals surface area contributed by atoms with Gasteiger partial charge in [-0.05, 0) is 80.2 Å². The summed E-state index contributed by atoms with van der Waals surface area (Å²) in [6.07, 6.45) is 0. The minimum atomic E-state index is 0.731. The Kier molecular flexibility index (Phi) is 5.53. The van der Waals surface area contributed by atoms with Gasteiger partial charge in [0.1, 0.15) is 11.5 Å². The Hall–Kier alpha value is -1.20. The molecule has 3 nitrogen and oxygen atoms in total. The molecule has 0 unspecified atom stereocenters. The molecule has 0 saturated carbocycles. The molecule has 2 rings (SSSR count). The van der Waals surface area contributed by atoms with Gasteiger partial charge in [0, 0.05) is 12.2 Å². The third kappa shape index (κ3) is 3.92. The number of nitrogens with one attached hydrogen (secondary N) is 1. The van der Waals surface area contributed by atoms with Crippen molar-refractivity contribution in [2.75, 3.05) is 19.5 Å². The molecule has 0 spiro atoms. The predicted octanol–water partition coefficient (Wildman–Crippen LogP) is 5.15. The van der Waals surface area contributed by atoms with E-state index in [9.17, 15) is 0 Å². The predicted molar refractivity (Wildman–Crippen MR) is 93.5 cm³/mol. The number of rotatable bonds is 5. The van der Waals surface area contributed by atoms with Crippen LogP contribution in [-0.2, 0) is 6.54 Å². The molecule has 0 heterocycles. The zero-order chi connectivity index (χ0) is 15.4. The zero-order valence-corrected chi connectivity index (χ0v) is 15.3. The fourth-order valence-electron chi connectivity index (χ4n) is 2.07. The summed E-state index contributed by atoms with van der Waals surface area (Å²) in [6, 6.07) is 10.1. The smallest absolute Gasteiger partial charge is 0.147 e. The molecular formula is C16H17Br2NO2. The van der Waals surface area contributed by atoms with Crippen LogP contribution in [-0.4, -0.2) is 14.2 Å². The van der Waals surface area contributed by atoms with Crippen LogP contribution in [0.25, 0.3) is 0 Å². The molecule has 0 fully saturated rings. The van der Waals surface area contributed by atoms with Crippen molar-refractivity contribution in [1.29, 1.82) is 0 Å². The fourth-order valence-corrected chi connectivity index (χ4v) is 3.67. The van der Waals surface area contributed by atoms with E-state index in [0.29, 0.717) is 0 Å². The van der Waals surface area contributed by atoms with Gasteiger partial charge in [-0.15, -0.1) is 0 Å². The topological polar surface area (TPSA) is 30.5 Å². The number of anilines is 1. The summed E-state index contributed by atoms with van der Waals surface area (Å²) in [5.41, 5.74) is 3.41. The minimum absolute atomic E-state index is 0.731. The van der Waals surface area contributed by atoms with Gasteiger partial charge < -0.3 is 14.8 Å². The molecular weight excluding hydrogens is 398 g/mol. The van der Waals surface area contributed by atoms with Crippen molar-refractivity contribution in [3.63, 3.8) is 0 Å². The van der Waals surface area contributed by atoms with Crippen LogP contribution in [0.2, 0.25) is 0 Å². The number of aryl methyl sites for hydroxylation is 1. The Morgan fingerprint density at radius 1 is 1.00 bits per heavy atom. The van der Waals surface area contributed by atoms with Crippen LogP contribution in [0.4, 0.5) is 5.69 Å². The van der Waals surface area contributed by atoms with E-state index in [2.05, 4.69) is 56.2 Å². The van der Waals surface area contributed by atoms with Gasteiger partial charge in [-0.1, -0.05) is 0 Å². The molecule has 0 aliphatic rings. The maximum atomic E-state index is 5.31. The lowest BCUT2D eigenvalue weighted by Gasteiger charge is -2.13. The van der Waals surface area contributed by atoms with Crippen LogP contribution in [0, 0.1) is 6.92 Å². The monoisotopic (exact) mass is 413 g/mol.